The summed E-state index contributed by atoms with van der Waals surface area (Å²) in [6.07, 6.45) is 0. The van der Waals surface area contributed by atoms with Gasteiger partial charge in [-0.2, -0.15) is 0 Å². The Kier molecular flexibility index (Phi) is 5.19. The zero-order chi connectivity index (χ0) is 18.0. The molecule has 0 aliphatic rings. The monoisotopic (exact) mass is 512 g/mol. The Balaban J connectivity index is 1.86. The van der Waals surface area contributed by atoms with Crippen LogP contribution in [0.2, 0.25) is 0 Å². The van der Waals surface area contributed by atoms with E-state index in [-0.39, 0.29) is 17.2 Å². The summed E-state index contributed by atoms with van der Waals surface area (Å²) in [6.45, 7) is 0. The van der Waals surface area contributed by atoms with Gasteiger partial charge in [0.05, 0.1) is 16.2 Å². The zero-order valence-electron chi connectivity index (χ0n) is 12.5. The van der Waals surface area contributed by atoms with Crippen LogP contribution >= 0.6 is 38.5 Å². The second kappa shape index (κ2) is 7.36. The van der Waals surface area contributed by atoms with E-state index in [1.807, 2.05) is 12.1 Å². The first-order valence-corrected chi connectivity index (χ1v) is 8.93. The Bertz CT molecular complexity index is 971. The number of hydrogen-bond donors (Lipinski definition) is 1. The minimum atomic E-state index is -0.484. The predicted molar refractivity (Wildman–Crippen MR) is 106 cm³/mol. The van der Waals surface area contributed by atoms with Crippen molar-refractivity contribution in [1.29, 1.82) is 0 Å². The van der Waals surface area contributed by atoms with Gasteiger partial charge in [0, 0.05) is 14.1 Å². The summed E-state index contributed by atoms with van der Waals surface area (Å²) in [5, 5.41) is 13.9. The third kappa shape index (κ3) is 3.90. The first-order chi connectivity index (χ1) is 12.0. The number of carbonyl (C=O) groups excluding carboxylic acids is 1. The topological polar surface area (TPSA) is 85.4 Å². The molecule has 1 N–H and O–H groups in total. The van der Waals surface area contributed by atoms with Gasteiger partial charge in [-0.15, -0.1) is 0 Å². The third-order valence-corrected chi connectivity index (χ3v) is 4.76. The molecule has 0 aliphatic carbocycles. The minimum absolute atomic E-state index is 0.0758. The van der Waals surface area contributed by atoms with E-state index in [0.717, 1.165) is 8.04 Å². The molecule has 0 spiro atoms. The number of nitrogens with one attached hydrogen (secondary N) is 1. The second-order valence-corrected chi connectivity index (χ2v) is 7.09. The van der Waals surface area contributed by atoms with Crippen molar-refractivity contribution in [2.75, 3.05) is 5.32 Å². The van der Waals surface area contributed by atoms with E-state index >= 15 is 0 Å². The molecule has 2 aromatic carbocycles. The Hall–Kier alpha value is -2.20. The fourth-order valence-corrected chi connectivity index (χ4v) is 3.66. The molecule has 3 aromatic rings. The highest BCUT2D eigenvalue weighted by molar-refractivity contribution is 14.1. The molecule has 8 heteroatoms. The number of nitro benzene ring substituents is 1. The quantitative estimate of drug-likeness (QED) is 0.285. The van der Waals surface area contributed by atoms with Gasteiger partial charge in [-0.25, -0.2) is 0 Å². The van der Waals surface area contributed by atoms with Crippen molar-refractivity contribution < 1.29 is 14.1 Å². The molecule has 1 aromatic heterocycles. The van der Waals surface area contributed by atoms with Crippen molar-refractivity contribution in [3.8, 4) is 11.3 Å². The van der Waals surface area contributed by atoms with Gasteiger partial charge in [-0.05, 0) is 59.0 Å². The van der Waals surface area contributed by atoms with Crippen molar-refractivity contribution in [1.82, 2.24) is 0 Å². The first kappa shape index (κ1) is 17.6. The molecule has 0 aliphatic heterocycles. The number of anilines is 1. The molecule has 6 nitrogen and oxygen atoms in total. The number of carbonyl (C=O) groups is 1. The molecule has 25 heavy (non-hydrogen) atoms. The summed E-state index contributed by atoms with van der Waals surface area (Å²) in [4.78, 5) is 23.0. The molecular formula is C17H10BrIN2O4. The number of para-hydroxylation sites is 1. The summed E-state index contributed by atoms with van der Waals surface area (Å²) >= 11 is 5.48. The summed E-state index contributed by atoms with van der Waals surface area (Å²) in [6, 6.07) is 14.7. The van der Waals surface area contributed by atoms with E-state index in [2.05, 4.69) is 43.8 Å². The van der Waals surface area contributed by atoms with E-state index in [9.17, 15) is 14.9 Å². The SMILES string of the molecule is O=C(Nc1ccc(Br)cc1I)c1ccc(-c2ccccc2[N+](=O)[O-])o1. The molecule has 126 valence electrons. The molecule has 0 fully saturated rings. The van der Waals surface area contributed by atoms with Crippen LogP contribution < -0.4 is 5.32 Å². The van der Waals surface area contributed by atoms with Crippen LogP contribution in [0.25, 0.3) is 11.3 Å². The minimum Gasteiger partial charge on any atom is -0.451 e. The van der Waals surface area contributed by atoms with E-state index in [1.165, 1.54) is 12.1 Å². The van der Waals surface area contributed by atoms with Crippen molar-refractivity contribution in [2.24, 2.45) is 0 Å². The van der Waals surface area contributed by atoms with Gasteiger partial charge >= 0.3 is 0 Å². The summed E-state index contributed by atoms with van der Waals surface area (Å²) < 4.78 is 7.31. The normalized spacial score (nSPS) is 10.5. The Morgan fingerprint density at radius 2 is 1.92 bits per heavy atom. The lowest BCUT2D eigenvalue weighted by Gasteiger charge is -2.06. The molecule has 0 saturated heterocycles. The van der Waals surface area contributed by atoms with E-state index < -0.39 is 10.8 Å². The van der Waals surface area contributed by atoms with E-state index in [1.54, 1.807) is 30.3 Å². The van der Waals surface area contributed by atoms with Crippen LogP contribution in [0.1, 0.15) is 10.6 Å². The highest BCUT2D eigenvalue weighted by Crippen LogP contribution is 2.31. The number of benzene rings is 2. The zero-order valence-corrected chi connectivity index (χ0v) is 16.3. The number of hydrogen-bond acceptors (Lipinski definition) is 4. The van der Waals surface area contributed by atoms with Crippen LogP contribution in [0, 0.1) is 13.7 Å². The highest BCUT2D eigenvalue weighted by Gasteiger charge is 2.19. The smallest absolute Gasteiger partial charge is 0.291 e. The molecular weight excluding hydrogens is 503 g/mol. The Morgan fingerprint density at radius 1 is 1.16 bits per heavy atom. The van der Waals surface area contributed by atoms with Crippen LogP contribution in [0.15, 0.2) is 63.5 Å². The molecule has 0 saturated carbocycles. The third-order valence-electron chi connectivity index (χ3n) is 3.38. The fourth-order valence-electron chi connectivity index (χ4n) is 2.22. The summed E-state index contributed by atoms with van der Waals surface area (Å²) in [5.74, 6) is -0.0834. The van der Waals surface area contributed by atoms with Gasteiger partial charge in [0.1, 0.15) is 5.76 Å². The fraction of sp³-hybridized carbons (Fsp3) is 0. The molecule has 0 bridgehead atoms. The summed E-state index contributed by atoms with van der Waals surface area (Å²) in [5.41, 5.74) is 0.897. The average Bonchev–Trinajstić information content (AvgIpc) is 3.07. The number of rotatable bonds is 4. The summed E-state index contributed by atoms with van der Waals surface area (Å²) in [7, 11) is 0. The van der Waals surface area contributed by atoms with Crippen molar-refractivity contribution >= 4 is 55.8 Å². The number of halogens is 2. The Labute approximate surface area is 164 Å². The van der Waals surface area contributed by atoms with Crippen LogP contribution in [0.3, 0.4) is 0 Å². The van der Waals surface area contributed by atoms with Gasteiger partial charge in [0.2, 0.25) is 0 Å². The lowest BCUT2D eigenvalue weighted by atomic mass is 10.1. The largest absolute Gasteiger partial charge is 0.451 e. The number of nitro groups is 1. The highest BCUT2D eigenvalue weighted by atomic mass is 127. The average molecular weight is 513 g/mol. The van der Waals surface area contributed by atoms with Crippen molar-refractivity contribution in [2.45, 2.75) is 0 Å². The standard InChI is InChI=1S/C17H10BrIN2O4/c18-10-5-6-13(12(19)9-10)20-17(22)16-8-7-15(25-16)11-3-1-2-4-14(11)21(23)24/h1-9H,(H,20,22). The maximum Gasteiger partial charge on any atom is 0.291 e. The molecule has 1 heterocycles. The van der Waals surface area contributed by atoms with Crippen molar-refractivity contribution in [3.63, 3.8) is 0 Å². The lowest BCUT2D eigenvalue weighted by molar-refractivity contribution is -0.384. The van der Waals surface area contributed by atoms with Gasteiger partial charge < -0.3 is 9.73 Å². The van der Waals surface area contributed by atoms with Crippen molar-refractivity contribution in [3.05, 3.63) is 78.5 Å². The van der Waals surface area contributed by atoms with E-state index in [0.29, 0.717) is 11.3 Å². The maximum absolute atomic E-state index is 12.4. The first-order valence-electron chi connectivity index (χ1n) is 7.06. The Morgan fingerprint density at radius 3 is 2.64 bits per heavy atom. The number of furan rings is 1. The van der Waals surface area contributed by atoms with Gasteiger partial charge in [-0.3, -0.25) is 14.9 Å². The molecule has 0 atom stereocenters. The van der Waals surface area contributed by atoms with Crippen LogP contribution in [0.4, 0.5) is 11.4 Å². The molecule has 1 amide bonds. The lowest BCUT2D eigenvalue weighted by Crippen LogP contribution is -2.11. The van der Waals surface area contributed by atoms with Gasteiger partial charge in [0.25, 0.3) is 11.6 Å². The number of amides is 1. The van der Waals surface area contributed by atoms with Gasteiger partial charge in [-0.1, -0.05) is 28.1 Å². The maximum atomic E-state index is 12.4. The molecule has 3 rings (SSSR count). The van der Waals surface area contributed by atoms with E-state index in [4.69, 9.17) is 4.42 Å². The van der Waals surface area contributed by atoms with Crippen LogP contribution in [-0.4, -0.2) is 10.8 Å². The van der Waals surface area contributed by atoms with Crippen LogP contribution in [-0.2, 0) is 0 Å². The molecule has 0 unspecified atom stereocenters. The van der Waals surface area contributed by atoms with Gasteiger partial charge in [0.15, 0.2) is 5.76 Å². The molecule has 0 radical (unpaired) electrons. The second-order valence-electron chi connectivity index (χ2n) is 5.02. The number of nitrogens with zero attached hydrogens (tertiary/aromatic N) is 1. The van der Waals surface area contributed by atoms with Crippen LogP contribution in [0.5, 0.6) is 0 Å². The predicted octanol–water partition coefficient (Wildman–Crippen LogP) is 5.47.